The minimum absolute atomic E-state index is 0.00407. The molecule has 0 aromatic heterocycles. The van der Waals surface area contributed by atoms with E-state index in [1.165, 1.54) is 25.3 Å². The third-order valence-electron chi connectivity index (χ3n) is 3.43. The van der Waals surface area contributed by atoms with E-state index in [9.17, 15) is 13.2 Å². The van der Waals surface area contributed by atoms with Crippen LogP contribution >= 0.6 is 11.6 Å². The molecule has 0 saturated heterocycles. The number of esters is 1. The molecule has 8 heteroatoms. The number of ether oxygens (including phenoxy) is 1. The smallest absolute Gasteiger partial charge is 0.321 e. The number of sulfonamides is 1. The van der Waals surface area contributed by atoms with Crippen LogP contribution in [-0.4, -0.2) is 32.3 Å². The van der Waals surface area contributed by atoms with E-state index in [0.717, 1.165) is 9.87 Å². The Hall–Kier alpha value is -2.40. The molecular formula is C17H15ClN2O4S. The van der Waals surface area contributed by atoms with E-state index in [1.54, 1.807) is 24.3 Å². The van der Waals surface area contributed by atoms with Crippen LogP contribution < -0.4 is 0 Å². The maximum absolute atomic E-state index is 12.9. The van der Waals surface area contributed by atoms with Crippen LogP contribution in [0.3, 0.4) is 0 Å². The van der Waals surface area contributed by atoms with Crippen molar-refractivity contribution in [2.75, 3.05) is 13.7 Å². The molecule has 0 spiro atoms. The number of benzene rings is 2. The number of methoxy groups -OCH3 is 1. The second kappa shape index (κ2) is 8.12. The quantitative estimate of drug-likeness (QED) is 0.721. The van der Waals surface area contributed by atoms with Crippen LogP contribution in [0.15, 0.2) is 53.4 Å². The lowest BCUT2D eigenvalue weighted by atomic mass is 10.2. The maximum atomic E-state index is 12.9. The van der Waals surface area contributed by atoms with E-state index in [1.807, 2.05) is 12.1 Å². The van der Waals surface area contributed by atoms with Gasteiger partial charge in [-0.2, -0.15) is 9.57 Å². The van der Waals surface area contributed by atoms with Crippen molar-refractivity contribution in [1.29, 1.82) is 5.26 Å². The fourth-order valence-corrected chi connectivity index (χ4v) is 3.80. The van der Waals surface area contributed by atoms with Crippen molar-refractivity contribution >= 4 is 27.6 Å². The normalized spacial score (nSPS) is 11.1. The van der Waals surface area contributed by atoms with Crippen molar-refractivity contribution in [2.24, 2.45) is 0 Å². The summed E-state index contributed by atoms with van der Waals surface area (Å²) in [5.41, 5.74) is 0.887. The summed E-state index contributed by atoms with van der Waals surface area (Å²) in [5, 5.41) is 8.94. The summed E-state index contributed by atoms with van der Waals surface area (Å²) in [6.07, 6.45) is 0. The molecule has 0 unspecified atom stereocenters. The van der Waals surface area contributed by atoms with Gasteiger partial charge in [-0.15, -0.1) is 0 Å². The van der Waals surface area contributed by atoms with Gasteiger partial charge in [0.2, 0.25) is 10.0 Å². The van der Waals surface area contributed by atoms with E-state index in [4.69, 9.17) is 16.9 Å². The standard InChI is InChI=1S/C17H15ClN2O4S/c1-24-17(21)12-20(11-13-5-3-2-4-6-13)25(22,23)15-8-7-14(10-19)16(18)9-15/h2-9H,11-12H2,1H3. The maximum Gasteiger partial charge on any atom is 0.321 e. The number of nitriles is 1. The van der Waals surface area contributed by atoms with Gasteiger partial charge in [-0.05, 0) is 23.8 Å². The van der Waals surface area contributed by atoms with Gasteiger partial charge in [0, 0.05) is 6.54 Å². The summed E-state index contributed by atoms with van der Waals surface area (Å²) in [7, 11) is -2.82. The van der Waals surface area contributed by atoms with Crippen molar-refractivity contribution < 1.29 is 17.9 Å². The van der Waals surface area contributed by atoms with Crippen LogP contribution in [0.2, 0.25) is 5.02 Å². The van der Waals surface area contributed by atoms with Crippen LogP contribution in [0.1, 0.15) is 11.1 Å². The van der Waals surface area contributed by atoms with Crippen molar-refractivity contribution in [3.63, 3.8) is 0 Å². The van der Waals surface area contributed by atoms with E-state index in [2.05, 4.69) is 4.74 Å². The number of hydrogen-bond acceptors (Lipinski definition) is 5. The molecule has 0 fully saturated rings. The van der Waals surface area contributed by atoms with Gasteiger partial charge >= 0.3 is 5.97 Å². The second-order valence-electron chi connectivity index (χ2n) is 5.09. The first-order chi connectivity index (χ1) is 11.9. The number of rotatable bonds is 6. The highest BCUT2D eigenvalue weighted by molar-refractivity contribution is 7.89. The first kappa shape index (κ1) is 18.9. The fraction of sp³-hybridized carbons (Fsp3) is 0.176. The zero-order chi connectivity index (χ0) is 18.4. The summed E-state index contributed by atoms with van der Waals surface area (Å²) < 4.78 is 31.4. The molecule has 0 N–H and O–H groups in total. The predicted molar refractivity (Wildman–Crippen MR) is 92.2 cm³/mol. The number of halogens is 1. The number of carbonyl (C=O) groups is 1. The Labute approximate surface area is 151 Å². The molecule has 0 aliphatic heterocycles. The van der Waals surface area contributed by atoms with Gasteiger partial charge in [0.25, 0.3) is 0 Å². The lowest BCUT2D eigenvalue weighted by Crippen LogP contribution is -2.35. The summed E-state index contributed by atoms with van der Waals surface area (Å²) in [6, 6.07) is 14.6. The number of carbonyl (C=O) groups excluding carboxylic acids is 1. The Morgan fingerprint density at radius 3 is 2.48 bits per heavy atom. The molecule has 0 radical (unpaired) electrons. The minimum atomic E-state index is -4.01. The van der Waals surface area contributed by atoms with E-state index >= 15 is 0 Å². The van der Waals surface area contributed by atoms with Gasteiger partial charge in [-0.1, -0.05) is 41.9 Å². The molecule has 2 aromatic rings. The Morgan fingerprint density at radius 2 is 1.92 bits per heavy atom. The lowest BCUT2D eigenvalue weighted by molar-refractivity contribution is -0.140. The molecule has 25 heavy (non-hydrogen) atoms. The molecule has 0 bridgehead atoms. The van der Waals surface area contributed by atoms with Gasteiger partial charge in [0.1, 0.15) is 12.6 Å². The molecular weight excluding hydrogens is 364 g/mol. The second-order valence-corrected chi connectivity index (χ2v) is 7.43. The topological polar surface area (TPSA) is 87.5 Å². The Kier molecular flexibility index (Phi) is 6.15. The monoisotopic (exact) mass is 378 g/mol. The Bertz CT molecular complexity index is 908. The number of hydrogen-bond donors (Lipinski definition) is 0. The average molecular weight is 379 g/mol. The largest absolute Gasteiger partial charge is 0.468 e. The molecule has 0 aliphatic carbocycles. The third-order valence-corrected chi connectivity index (χ3v) is 5.53. The average Bonchev–Trinajstić information content (AvgIpc) is 2.61. The molecule has 0 saturated carbocycles. The predicted octanol–water partition coefficient (Wildman–Crippen LogP) is 2.58. The zero-order valence-corrected chi connectivity index (χ0v) is 14.9. The van der Waals surface area contributed by atoms with Gasteiger partial charge in [0.05, 0.1) is 22.6 Å². The summed E-state index contributed by atoms with van der Waals surface area (Å²) in [6.45, 7) is -0.443. The fourth-order valence-electron chi connectivity index (χ4n) is 2.12. The number of nitrogens with zero attached hydrogens (tertiary/aromatic N) is 2. The first-order valence-electron chi connectivity index (χ1n) is 7.19. The van der Waals surface area contributed by atoms with Crippen molar-refractivity contribution in [3.8, 4) is 6.07 Å². The third kappa shape index (κ3) is 4.57. The molecule has 2 rings (SSSR count). The van der Waals surface area contributed by atoms with Gasteiger partial charge < -0.3 is 4.74 Å². The van der Waals surface area contributed by atoms with Crippen LogP contribution in [0.4, 0.5) is 0 Å². The van der Waals surface area contributed by atoms with Crippen LogP contribution in [0.5, 0.6) is 0 Å². The molecule has 130 valence electrons. The summed E-state index contributed by atoms with van der Waals surface area (Å²) in [4.78, 5) is 11.6. The summed E-state index contributed by atoms with van der Waals surface area (Å²) in [5.74, 6) is -0.681. The van der Waals surface area contributed by atoms with E-state index in [0.29, 0.717) is 0 Å². The van der Waals surface area contributed by atoms with Crippen molar-refractivity contribution in [2.45, 2.75) is 11.4 Å². The zero-order valence-electron chi connectivity index (χ0n) is 13.3. The first-order valence-corrected chi connectivity index (χ1v) is 9.01. The van der Waals surface area contributed by atoms with Crippen LogP contribution in [0, 0.1) is 11.3 Å². The van der Waals surface area contributed by atoms with Gasteiger partial charge in [-0.3, -0.25) is 4.79 Å². The van der Waals surface area contributed by atoms with Gasteiger partial charge in [0.15, 0.2) is 0 Å². The lowest BCUT2D eigenvalue weighted by Gasteiger charge is -2.21. The van der Waals surface area contributed by atoms with Crippen molar-refractivity contribution in [1.82, 2.24) is 4.31 Å². The minimum Gasteiger partial charge on any atom is -0.468 e. The molecule has 2 aromatic carbocycles. The molecule has 0 amide bonds. The molecule has 0 heterocycles. The molecule has 0 atom stereocenters. The van der Waals surface area contributed by atoms with Crippen LogP contribution in [0.25, 0.3) is 0 Å². The Morgan fingerprint density at radius 1 is 1.24 bits per heavy atom. The SMILES string of the molecule is COC(=O)CN(Cc1ccccc1)S(=O)(=O)c1ccc(C#N)c(Cl)c1. The van der Waals surface area contributed by atoms with Crippen LogP contribution in [-0.2, 0) is 26.1 Å². The highest BCUT2D eigenvalue weighted by Crippen LogP contribution is 2.24. The van der Waals surface area contributed by atoms with Crippen molar-refractivity contribution in [3.05, 3.63) is 64.7 Å². The molecule has 6 nitrogen and oxygen atoms in total. The highest BCUT2D eigenvalue weighted by atomic mass is 35.5. The Balaban J connectivity index is 2.42. The summed E-state index contributed by atoms with van der Waals surface area (Å²) >= 11 is 5.94. The molecule has 0 aliphatic rings. The van der Waals surface area contributed by atoms with E-state index < -0.39 is 22.5 Å². The van der Waals surface area contributed by atoms with Gasteiger partial charge in [-0.25, -0.2) is 8.42 Å². The van der Waals surface area contributed by atoms with E-state index in [-0.39, 0.29) is 22.0 Å². The highest BCUT2D eigenvalue weighted by Gasteiger charge is 2.27.